The quantitative estimate of drug-likeness (QED) is 0.806. The van der Waals surface area contributed by atoms with E-state index in [1.165, 1.54) is 7.11 Å². The van der Waals surface area contributed by atoms with Crippen LogP contribution in [-0.2, 0) is 9.53 Å². The van der Waals surface area contributed by atoms with E-state index in [0.29, 0.717) is 32.0 Å². The Labute approximate surface area is 135 Å². The molecule has 0 saturated carbocycles. The summed E-state index contributed by atoms with van der Waals surface area (Å²) in [5, 5.41) is 10.5. The average Bonchev–Trinajstić information content (AvgIpc) is 2.60. The van der Waals surface area contributed by atoms with Crippen LogP contribution in [0.5, 0.6) is 5.88 Å². The fourth-order valence-electron chi connectivity index (χ4n) is 2.43. The number of likely N-dealkylation sites (tertiary alicyclic amines) is 1. The van der Waals surface area contributed by atoms with Crippen molar-refractivity contribution in [2.75, 3.05) is 33.9 Å². The minimum atomic E-state index is -0.260. The number of piperidine rings is 1. The van der Waals surface area contributed by atoms with E-state index < -0.39 is 0 Å². The van der Waals surface area contributed by atoms with E-state index in [4.69, 9.17) is 9.47 Å². The Hall–Kier alpha value is -2.22. The van der Waals surface area contributed by atoms with Gasteiger partial charge in [0.1, 0.15) is 0 Å². The van der Waals surface area contributed by atoms with Crippen LogP contribution in [0.4, 0.5) is 0 Å². The van der Waals surface area contributed by atoms with Gasteiger partial charge in [0.2, 0.25) is 11.8 Å². The predicted molar refractivity (Wildman–Crippen MR) is 82.1 cm³/mol. The molecule has 0 bridgehead atoms. The highest BCUT2D eigenvalue weighted by Crippen LogP contribution is 2.12. The molecule has 0 radical (unpaired) electrons. The van der Waals surface area contributed by atoms with Gasteiger partial charge in [0.25, 0.3) is 5.91 Å². The zero-order valence-corrected chi connectivity index (χ0v) is 13.4. The number of ether oxygens (including phenoxy) is 2. The van der Waals surface area contributed by atoms with Gasteiger partial charge in [-0.05, 0) is 18.9 Å². The third-order valence-electron chi connectivity index (χ3n) is 3.78. The number of nitrogens with zero attached hydrogens (tertiary/aromatic N) is 3. The smallest absolute Gasteiger partial charge is 0.272 e. The van der Waals surface area contributed by atoms with Crippen molar-refractivity contribution in [3.63, 3.8) is 0 Å². The van der Waals surface area contributed by atoms with Crippen molar-refractivity contribution in [2.45, 2.75) is 25.3 Å². The lowest BCUT2D eigenvalue weighted by molar-refractivity contribution is -0.133. The fourth-order valence-corrected chi connectivity index (χ4v) is 2.43. The second-order valence-corrected chi connectivity index (χ2v) is 5.33. The number of nitrogens with one attached hydrogen (secondary N) is 1. The van der Waals surface area contributed by atoms with Crippen molar-refractivity contribution >= 4 is 11.8 Å². The van der Waals surface area contributed by atoms with Gasteiger partial charge in [0.15, 0.2) is 5.69 Å². The molecule has 0 aromatic carbocycles. The largest absolute Gasteiger partial charge is 0.480 e. The normalized spacial score (nSPS) is 15.3. The molecule has 0 atom stereocenters. The van der Waals surface area contributed by atoms with Crippen LogP contribution in [0.2, 0.25) is 0 Å². The summed E-state index contributed by atoms with van der Waals surface area (Å²) in [4.78, 5) is 25.8. The summed E-state index contributed by atoms with van der Waals surface area (Å²) >= 11 is 0. The Bertz CT molecular complexity index is 527. The number of methoxy groups -OCH3 is 2. The third kappa shape index (κ3) is 4.88. The molecule has 1 saturated heterocycles. The summed E-state index contributed by atoms with van der Waals surface area (Å²) in [6, 6.07) is 3.21. The van der Waals surface area contributed by atoms with Gasteiger partial charge in [0.05, 0.1) is 20.1 Å². The molecule has 0 unspecified atom stereocenters. The first kappa shape index (κ1) is 17.1. The summed E-state index contributed by atoms with van der Waals surface area (Å²) in [6.45, 7) is 1.72. The number of aromatic nitrogens is 2. The zero-order chi connectivity index (χ0) is 16.7. The second kappa shape index (κ2) is 8.42. The maximum absolute atomic E-state index is 12.1. The molecule has 126 valence electrons. The topological polar surface area (TPSA) is 93.7 Å². The van der Waals surface area contributed by atoms with Gasteiger partial charge in [-0.3, -0.25) is 9.59 Å². The van der Waals surface area contributed by atoms with Crippen LogP contribution < -0.4 is 10.1 Å². The highest BCUT2D eigenvalue weighted by Gasteiger charge is 2.24. The fraction of sp³-hybridized carbons (Fsp3) is 0.600. The first-order chi connectivity index (χ1) is 11.1. The Kier molecular flexibility index (Phi) is 6.28. The van der Waals surface area contributed by atoms with Crippen LogP contribution in [-0.4, -0.2) is 66.9 Å². The standard InChI is InChI=1S/C15H22N4O4/c1-22-10-7-14(20)19-8-5-11(6-9-19)16-15(21)12-3-4-13(23-2)18-17-12/h3-4,11H,5-10H2,1-2H3,(H,16,21). The molecule has 2 rings (SSSR count). The molecule has 0 spiro atoms. The van der Waals surface area contributed by atoms with E-state index in [1.807, 2.05) is 4.90 Å². The van der Waals surface area contributed by atoms with Crippen LogP contribution in [0.25, 0.3) is 0 Å². The highest BCUT2D eigenvalue weighted by molar-refractivity contribution is 5.92. The molecule has 1 aliphatic rings. The van der Waals surface area contributed by atoms with Crippen molar-refractivity contribution < 1.29 is 19.1 Å². The highest BCUT2D eigenvalue weighted by atomic mass is 16.5. The number of carbonyl (C=O) groups is 2. The minimum absolute atomic E-state index is 0.0397. The van der Waals surface area contributed by atoms with Crippen molar-refractivity contribution in [2.24, 2.45) is 0 Å². The predicted octanol–water partition coefficient (Wildman–Crippen LogP) is 0.243. The van der Waals surface area contributed by atoms with Crippen molar-refractivity contribution in [3.8, 4) is 5.88 Å². The summed E-state index contributed by atoms with van der Waals surface area (Å²) in [6.07, 6.45) is 1.86. The first-order valence-electron chi connectivity index (χ1n) is 7.59. The molecule has 23 heavy (non-hydrogen) atoms. The Morgan fingerprint density at radius 1 is 1.26 bits per heavy atom. The second-order valence-electron chi connectivity index (χ2n) is 5.33. The Morgan fingerprint density at radius 3 is 2.57 bits per heavy atom. The van der Waals surface area contributed by atoms with Crippen molar-refractivity contribution in [1.29, 1.82) is 0 Å². The maximum atomic E-state index is 12.1. The van der Waals surface area contributed by atoms with E-state index in [9.17, 15) is 9.59 Å². The Balaban J connectivity index is 1.79. The van der Waals surface area contributed by atoms with Gasteiger partial charge in [-0.2, -0.15) is 0 Å². The number of carbonyl (C=O) groups excluding carboxylic acids is 2. The molecule has 2 amide bonds. The number of hydrogen-bond acceptors (Lipinski definition) is 6. The van der Waals surface area contributed by atoms with Crippen molar-refractivity contribution in [3.05, 3.63) is 17.8 Å². The molecule has 8 heteroatoms. The van der Waals surface area contributed by atoms with Gasteiger partial charge in [0, 0.05) is 32.3 Å². The van der Waals surface area contributed by atoms with Gasteiger partial charge in [-0.15, -0.1) is 10.2 Å². The van der Waals surface area contributed by atoms with Crippen LogP contribution in [0.15, 0.2) is 12.1 Å². The number of rotatable bonds is 6. The van der Waals surface area contributed by atoms with E-state index >= 15 is 0 Å². The first-order valence-corrected chi connectivity index (χ1v) is 7.59. The van der Waals surface area contributed by atoms with Crippen LogP contribution in [0.1, 0.15) is 29.8 Å². The lowest BCUT2D eigenvalue weighted by Gasteiger charge is -2.32. The minimum Gasteiger partial charge on any atom is -0.480 e. The van der Waals surface area contributed by atoms with Gasteiger partial charge < -0.3 is 19.7 Å². The number of amides is 2. The van der Waals surface area contributed by atoms with E-state index in [0.717, 1.165) is 12.8 Å². The maximum Gasteiger partial charge on any atom is 0.272 e. The van der Waals surface area contributed by atoms with Crippen molar-refractivity contribution in [1.82, 2.24) is 20.4 Å². The molecule has 2 heterocycles. The Morgan fingerprint density at radius 2 is 2.00 bits per heavy atom. The zero-order valence-electron chi connectivity index (χ0n) is 13.4. The molecule has 1 N–H and O–H groups in total. The van der Waals surface area contributed by atoms with Gasteiger partial charge in [-0.25, -0.2) is 0 Å². The molecular formula is C15H22N4O4. The molecule has 1 aromatic rings. The molecular weight excluding hydrogens is 300 g/mol. The lowest BCUT2D eigenvalue weighted by atomic mass is 10.0. The molecule has 8 nitrogen and oxygen atoms in total. The number of hydrogen-bond donors (Lipinski definition) is 1. The van der Waals surface area contributed by atoms with Gasteiger partial charge >= 0.3 is 0 Å². The van der Waals surface area contributed by atoms with Crippen LogP contribution >= 0.6 is 0 Å². The van der Waals surface area contributed by atoms with Crippen LogP contribution in [0, 0.1) is 0 Å². The van der Waals surface area contributed by atoms with Crippen LogP contribution in [0.3, 0.4) is 0 Å². The summed E-state index contributed by atoms with van der Waals surface area (Å²) in [5.74, 6) is 0.200. The summed E-state index contributed by atoms with van der Waals surface area (Å²) < 4.78 is 9.83. The van der Waals surface area contributed by atoms with E-state index in [2.05, 4.69) is 15.5 Å². The molecule has 1 fully saturated rings. The average molecular weight is 322 g/mol. The molecule has 1 aliphatic heterocycles. The van der Waals surface area contributed by atoms with E-state index in [1.54, 1.807) is 19.2 Å². The monoisotopic (exact) mass is 322 g/mol. The lowest BCUT2D eigenvalue weighted by Crippen LogP contribution is -2.46. The SMILES string of the molecule is COCCC(=O)N1CCC(NC(=O)c2ccc(OC)nn2)CC1. The molecule has 0 aliphatic carbocycles. The summed E-state index contributed by atoms with van der Waals surface area (Å²) in [5.41, 5.74) is 0.254. The van der Waals surface area contributed by atoms with E-state index in [-0.39, 0.29) is 23.6 Å². The summed E-state index contributed by atoms with van der Waals surface area (Å²) in [7, 11) is 3.07. The van der Waals surface area contributed by atoms with Gasteiger partial charge in [-0.1, -0.05) is 0 Å². The third-order valence-corrected chi connectivity index (χ3v) is 3.78. The molecule has 1 aromatic heterocycles.